The average molecular weight is 287 g/mol. The van der Waals surface area contributed by atoms with Crippen LogP contribution >= 0.6 is 11.6 Å². The molecule has 0 saturated heterocycles. The van der Waals surface area contributed by atoms with Gasteiger partial charge in [0.05, 0.1) is 0 Å². The van der Waals surface area contributed by atoms with Crippen LogP contribution in [0.4, 0.5) is 5.69 Å². The lowest BCUT2D eigenvalue weighted by molar-refractivity contribution is 0.480. The summed E-state index contributed by atoms with van der Waals surface area (Å²) in [7, 11) is -4.44. The predicted molar refractivity (Wildman–Crippen MR) is 70.3 cm³/mol. The molecule has 1 aromatic carbocycles. The number of nitrogens with one attached hydrogen (secondary N) is 1. The predicted octanol–water partition coefficient (Wildman–Crippen LogP) is 1.55. The standard InChI is InChI=1S/C11H11ClN2O3S/c12-11(8-4-1-2-5-9(8)13)10(18(15,16)17)6-3-7-14-11/h1-7,14H,13H2,(H,15,16,17). The molecule has 7 heteroatoms. The molecule has 5 nitrogen and oxygen atoms in total. The number of alkyl halides is 1. The summed E-state index contributed by atoms with van der Waals surface area (Å²) in [6, 6.07) is 6.57. The molecule has 1 heterocycles. The van der Waals surface area contributed by atoms with Crippen LogP contribution < -0.4 is 11.1 Å². The zero-order valence-corrected chi connectivity index (χ0v) is 10.7. The first-order valence-electron chi connectivity index (χ1n) is 5.02. The van der Waals surface area contributed by atoms with E-state index in [0.29, 0.717) is 11.3 Å². The number of para-hydroxylation sites is 1. The van der Waals surface area contributed by atoms with Crippen LogP contribution in [0, 0.1) is 0 Å². The Balaban J connectivity index is 2.65. The Labute approximate surface area is 110 Å². The number of dihydropyridines is 1. The largest absolute Gasteiger partial charge is 0.398 e. The highest BCUT2D eigenvalue weighted by Crippen LogP contribution is 2.40. The van der Waals surface area contributed by atoms with Crippen LogP contribution in [0.2, 0.25) is 0 Å². The average Bonchev–Trinajstić information content (AvgIpc) is 2.28. The molecule has 0 aromatic heterocycles. The summed E-state index contributed by atoms with van der Waals surface area (Å²) in [5.74, 6) is 0. The highest BCUT2D eigenvalue weighted by Gasteiger charge is 2.42. The van der Waals surface area contributed by atoms with Crippen LogP contribution in [0.3, 0.4) is 0 Å². The van der Waals surface area contributed by atoms with Gasteiger partial charge in [-0.3, -0.25) is 4.55 Å². The minimum atomic E-state index is -4.44. The van der Waals surface area contributed by atoms with Crippen LogP contribution in [-0.4, -0.2) is 13.0 Å². The molecule has 1 atom stereocenters. The molecular formula is C11H11ClN2O3S. The van der Waals surface area contributed by atoms with Gasteiger partial charge in [-0.15, -0.1) is 0 Å². The summed E-state index contributed by atoms with van der Waals surface area (Å²) in [5, 5.41) is 2.71. The number of nitrogens with two attached hydrogens (primary N) is 1. The summed E-state index contributed by atoms with van der Waals surface area (Å²) in [5.41, 5.74) is 6.47. The summed E-state index contributed by atoms with van der Waals surface area (Å²) < 4.78 is 32.0. The van der Waals surface area contributed by atoms with Gasteiger partial charge in [-0.25, -0.2) is 0 Å². The number of hydrogen-bond acceptors (Lipinski definition) is 4. The third-order valence-corrected chi connectivity index (χ3v) is 4.20. The Morgan fingerprint density at radius 2 is 2.00 bits per heavy atom. The number of nitrogen functional groups attached to an aromatic ring is 1. The molecule has 0 fully saturated rings. The van der Waals surface area contributed by atoms with E-state index < -0.39 is 15.1 Å². The molecule has 0 radical (unpaired) electrons. The van der Waals surface area contributed by atoms with Crippen LogP contribution in [-0.2, 0) is 15.1 Å². The zero-order chi connectivity index (χ0) is 13.4. The summed E-state index contributed by atoms with van der Waals surface area (Å²) in [6.07, 6.45) is 4.14. The third kappa shape index (κ3) is 2.10. The minimum Gasteiger partial charge on any atom is -0.398 e. The van der Waals surface area contributed by atoms with Crippen molar-refractivity contribution in [2.45, 2.75) is 5.00 Å². The molecule has 1 unspecified atom stereocenters. The van der Waals surface area contributed by atoms with E-state index in [1.807, 2.05) is 0 Å². The van der Waals surface area contributed by atoms with Gasteiger partial charge in [0.2, 0.25) is 0 Å². The van der Waals surface area contributed by atoms with E-state index in [2.05, 4.69) is 5.32 Å². The van der Waals surface area contributed by atoms with Gasteiger partial charge in [0, 0.05) is 11.3 Å². The molecule has 0 bridgehead atoms. The molecule has 96 valence electrons. The van der Waals surface area contributed by atoms with Crippen molar-refractivity contribution in [3.63, 3.8) is 0 Å². The van der Waals surface area contributed by atoms with E-state index in [1.54, 1.807) is 24.3 Å². The smallest absolute Gasteiger partial charge is 0.294 e. The highest BCUT2D eigenvalue weighted by atomic mass is 35.5. The fourth-order valence-electron chi connectivity index (χ4n) is 1.77. The summed E-state index contributed by atoms with van der Waals surface area (Å²) in [6.45, 7) is 0. The van der Waals surface area contributed by atoms with Gasteiger partial charge >= 0.3 is 0 Å². The Morgan fingerprint density at radius 3 is 2.61 bits per heavy atom. The molecule has 1 aromatic rings. The van der Waals surface area contributed by atoms with E-state index >= 15 is 0 Å². The van der Waals surface area contributed by atoms with Crippen molar-refractivity contribution in [1.29, 1.82) is 0 Å². The first-order valence-corrected chi connectivity index (χ1v) is 6.84. The van der Waals surface area contributed by atoms with E-state index in [4.69, 9.17) is 17.3 Å². The molecule has 2 rings (SSSR count). The SMILES string of the molecule is Nc1ccccc1C1(Cl)NC=CC=C1S(=O)(=O)O. The lowest BCUT2D eigenvalue weighted by Crippen LogP contribution is -2.40. The Hall–Kier alpha value is -1.50. The van der Waals surface area contributed by atoms with Gasteiger partial charge < -0.3 is 11.1 Å². The van der Waals surface area contributed by atoms with Gasteiger partial charge in [-0.05, 0) is 24.4 Å². The zero-order valence-electron chi connectivity index (χ0n) is 9.17. The van der Waals surface area contributed by atoms with Crippen molar-refractivity contribution < 1.29 is 13.0 Å². The van der Waals surface area contributed by atoms with E-state index in [0.717, 1.165) is 0 Å². The molecule has 0 saturated carbocycles. The Morgan fingerprint density at radius 1 is 1.33 bits per heavy atom. The second-order valence-corrected chi connectivity index (χ2v) is 5.71. The maximum Gasteiger partial charge on any atom is 0.294 e. The topological polar surface area (TPSA) is 92.4 Å². The molecule has 0 amide bonds. The summed E-state index contributed by atoms with van der Waals surface area (Å²) >= 11 is 6.31. The van der Waals surface area contributed by atoms with Crippen molar-refractivity contribution in [2.75, 3.05) is 5.73 Å². The van der Waals surface area contributed by atoms with Crippen molar-refractivity contribution in [3.8, 4) is 0 Å². The number of allylic oxidation sites excluding steroid dienone is 2. The second-order valence-electron chi connectivity index (χ2n) is 3.76. The lowest BCUT2D eigenvalue weighted by Gasteiger charge is -2.31. The maximum atomic E-state index is 11.4. The van der Waals surface area contributed by atoms with Gasteiger partial charge in [0.25, 0.3) is 10.1 Å². The first-order chi connectivity index (χ1) is 8.36. The molecule has 1 aliphatic heterocycles. The Kier molecular flexibility index (Phi) is 3.10. The number of rotatable bonds is 2. The van der Waals surface area contributed by atoms with E-state index in [9.17, 15) is 13.0 Å². The van der Waals surface area contributed by atoms with Gasteiger partial charge in [-0.2, -0.15) is 8.42 Å². The van der Waals surface area contributed by atoms with Crippen LogP contribution in [0.5, 0.6) is 0 Å². The molecule has 4 N–H and O–H groups in total. The van der Waals surface area contributed by atoms with Gasteiger partial charge in [0.1, 0.15) is 4.91 Å². The normalized spacial score (nSPS) is 23.3. The molecule has 18 heavy (non-hydrogen) atoms. The van der Waals surface area contributed by atoms with Crippen LogP contribution in [0.1, 0.15) is 5.56 Å². The highest BCUT2D eigenvalue weighted by molar-refractivity contribution is 7.90. The minimum absolute atomic E-state index is 0.324. The first kappa shape index (κ1) is 12.9. The summed E-state index contributed by atoms with van der Waals surface area (Å²) in [4.78, 5) is -1.97. The Bertz CT molecular complexity index is 639. The van der Waals surface area contributed by atoms with Crippen LogP contribution in [0.25, 0.3) is 0 Å². The fraction of sp³-hybridized carbons (Fsp3) is 0.0909. The monoisotopic (exact) mass is 286 g/mol. The number of hydrogen-bond donors (Lipinski definition) is 3. The van der Waals surface area contributed by atoms with E-state index in [1.165, 1.54) is 18.4 Å². The number of anilines is 1. The van der Waals surface area contributed by atoms with Crippen molar-refractivity contribution in [3.05, 3.63) is 53.1 Å². The number of halogens is 1. The van der Waals surface area contributed by atoms with E-state index in [-0.39, 0.29) is 4.91 Å². The van der Waals surface area contributed by atoms with Gasteiger partial charge in [0.15, 0.2) is 5.00 Å². The van der Waals surface area contributed by atoms with Crippen molar-refractivity contribution in [1.82, 2.24) is 5.32 Å². The fourth-order valence-corrected chi connectivity index (χ4v) is 3.13. The van der Waals surface area contributed by atoms with Crippen molar-refractivity contribution in [2.24, 2.45) is 0 Å². The van der Waals surface area contributed by atoms with Crippen molar-refractivity contribution >= 4 is 27.4 Å². The maximum absolute atomic E-state index is 11.4. The third-order valence-electron chi connectivity index (χ3n) is 2.58. The lowest BCUT2D eigenvalue weighted by atomic mass is 10.0. The number of benzene rings is 1. The molecular weight excluding hydrogens is 276 g/mol. The van der Waals surface area contributed by atoms with Gasteiger partial charge in [-0.1, -0.05) is 29.8 Å². The quantitative estimate of drug-likeness (QED) is 0.332. The molecule has 1 aliphatic rings. The molecule has 0 spiro atoms. The molecule has 0 aliphatic carbocycles. The second kappa shape index (κ2) is 4.31. The van der Waals surface area contributed by atoms with Crippen LogP contribution in [0.15, 0.2) is 47.5 Å².